The fraction of sp³-hybridized carbons (Fsp3) is 0.278. The first kappa shape index (κ1) is 17.8. The van der Waals surface area contributed by atoms with E-state index in [1.54, 1.807) is 25.1 Å². The molecule has 0 bridgehead atoms. The number of carbonyl (C=O) groups excluding carboxylic acids is 1. The third-order valence-electron chi connectivity index (χ3n) is 4.41. The number of anilines is 1. The summed E-state index contributed by atoms with van der Waals surface area (Å²) in [5.41, 5.74) is 0.522. The van der Waals surface area contributed by atoms with Crippen LogP contribution in [0.25, 0.3) is 5.65 Å². The molecule has 0 spiro atoms. The van der Waals surface area contributed by atoms with Gasteiger partial charge in [-0.3, -0.25) is 4.79 Å². The van der Waals surface area contributed by atoms with E-state index in [-0.39, 0.29) is 17.3 Å². The monoisotopic (exact) mass is 394 g/mol. The van der Waals surface area contributed by atoms with E-state index in [9.17, 15) is 18.0 Å². The molecule has 1 saturated carbocycles. The minimum Gasteiger partial charge on any atom is -0.320 e. The normalized spacial score (nSPS) is 14.6. The third-order valence-corrected chi connectivity index (χ3v) is 4.65. The molecule has 5 nitrogen and oxygen atoms in total. The zero-order valence-electron chi connectivity index (χ0n) is 14.1. The maximum absolute atomic E-state index is 13.4. The van der Waals surface area contributed by atoms with E-state index in [0.29, 0.717) is 20.9 Å². The van der Waals surface area contributed by atoms with Crippen molar-refractivity contribution in [1.29, 1.82) is 0 Å². The lowest BCUT2D eigenvalue weighted by molar-refractivity contribution is -0.142. The molecule has 140 valence electrons. The molecule has 1 aliphatic rings. The molecule has 2 aromatic heterocycles. The van der Waals surface area contributed by atoms with Gasteiger partial charge in [0.2, 0.25) is 0 Å². The van der Waals surface area contributed by atoms with E-state index in [1.165, 1.54) is 6.07 Å². The summed E-state index contributed by atoms with van der Waals surface area (Å²) in [6.07, 6.45) is -2.97. The lowest BCUT2D eigenvalue weighted by atomic mass is 10.2. The topological polar surface area (TPSA) is 59.3 Å². The number of nitrogens with zero attached hydrogens (tertiary/aromatic N) is 3. The number of rotatable bonds is 3. The van der Waals surface area contributed by atoms with E-state index < -0.39 is 17.8 Å². The average Bonchev–Trinajstić information content (AvgIpc) is 3.35. The van der Waals surface area contributed by atoms with Crippen LogP contribution >= 0.6 is 11.6 Å². The number of carbonyl (C=O) groups is 1. The van der Waals surface area contributed by atoms with Gasteiger partial charge in [-0.25, -0.2) is 9.50 Å². The summed E-state index contributed by atoms with van der Waals surface area (Å²) in [6.45, 7) is 1.78. The Bertz CT molecular complexity index is 1060. The Balaban J connectivity index is 1.74. The second kappa shape index (κ2) is 6.23. The van der Waals surface area contributed by atoms with E-state index in [4.69, 9.17) is 11.6 Å². The number of amides is 1. The van der Waals surface area contributed by atoms with Crippen LogP contribution in [0.4, 0.5) is 18.9 Å². The highest BCUT2D eigenvalue weighted by atomic mass is 35.5. The minimum absolute atomic E-state index is 0.000286. The van der Waals surface area contributed by atoms with Crippen molar-refractivity contribution >= 4 is 28.8 Å². The van der Waals surface area contributed by atoms with Gasteiger partial charge >= 0.3 is 6.18 Å². The summed E-state index contributed by atoms with van der Waals surface area (Å²) in [5.74, 6) is -0.593. The minimum atomic E-state index is -4.60. The second-order valence-corrected chi connectivity index (χ2v) is 6.99. The van der Waals surface area contributed by atoms with Gasteiger partial charge in [-0.1, -0.05) is 17.7 Å². The van der Waals surface area contributed by atoms with Crippen molar-refractivity contribution in [1.82, 2.24) is 14.6 Å². The summed E-state index contributed by atoms with van der Waals surface area (Å²) >= 11 is 5.93. The van der Waals surface area contributed by atoms with Crippen LogP contribution in [0.15, 0.2) is 30.3 Å². The fourth-order valence-corrected chi connectivity index (χ4v) is 2.98. The first-order valence-corrected chi connectivity index (χ1v) is 8.65. The van der Waals surface area contributed by atoms with Crippen molar-refractivity contribution in [2.24, 2.45) is 0 Å². The second-order valence-electron chi connectivity index (χ2n) is 6.55. The smallest absolute Gasteiger partial charge is 0.320 e. The molecule has 0 atom stereocenters. The summed E-state index contributed by atoms with van der Waals surface area (Å²) in [7, 11) is 0. The number of hydrogen-bond acceptors (Lipinski definition) is 3. The number of alkyl halides is 3. The van der Waals surface area contributed by atoms with E-state index >= 15 is 0 Å². The van der Waals surface area contributed by atoms with Gasteiger partial charge in [0.05, 0.1) is 0 Å². The number of nitrogens with one attached hydrogen (secondary N) is 1. The molecular weight excluding hydrogens is 381 g/mol. The molecule has 0 aliphatic heterocycles. The fourth-order valence-electron chi connectivity index (χ4n) is 2.81. The van der Waals surface area contributed by atoms with Crippen LogP contribution in [0.3, 0.4) is 0 Å². The molecule has 1 aliphatic carbocycles. The van der Waals surface area contributed by atoms with Gasteiger partial charge < -0.3 is 5.32 Å². The van der Waals surface area contributed by atoms with Gasteiger partial charge in [0.25, 0.3) is 5.91 Å². The van der Waals surface area contributed by atoms with Crippen LogP contribution in [-0.4, -0.2) is 20.5 Å². The standard InChI is InChI=1S/C18H14ClF3N4O/c1-9-2-5-11(19)6-12(9)24-17(27)14-8-16-23-13(10-3-4-10)7-15(18(20,21)22)26(16)25-14/h2,5-8,10H,3-4H2,1H3,(H,24,27). The first-order valence-electron chi connectivity index (χ1n) is 8.28. The van der Waals surface area contributed by atoms with Crippen molar-refractivity contribution < 1.29 is 18.0 Å². The molecule has 0 radical (unpaired) electrons. The van der Waals surface area contributed by atoms with E-state index in [0.717, 1.165) is 24.5 Å². The summed E-state index contributed by atoms with van der Waals surface area (Å²) in [5, 5.41) is 6.90. The molecule has 3 aromatic rings. The molecular formula is C18H14ClF3N4O. The molecule has 1 N–H and O–H groups in total. The van der Waals surface area contributed by atoms with Crippen LogP contribution in [0.2, 0.25) is 5.02 Å². The Hall–Kier alpha value is -2.61. The first-order chi connectivity index (χ1) is 12.7. The summed E-state index contributed by atoms with van der Waals surface area (Å²) in [6, 6.07) is 7.25. The molecule has 0 saturated heterocycles. The van der Waals surface area contributed by atoms with Gasteiger partial charge in [0, 0.05) is 28.4 Å². The number of aryl methyl sites for hydroxylation is 1. The predicted molar refractivity (Wildman–Crippen MR) is 94.1 cm³/mol. The molecule has 27 heavy (non-hydrogen) atoms. The Morgan fingerprint density at radius 2 is 2.00 bits per heavy atom. The number of aromatic nitrogens is 3. The zero-order valence-corrected chi connectivity index (χ0v) is 14.9. The highest BCUT2D eigenvalue weighted by Crippen LogP contribution is 2.41. The number of halogens is 4. The van der Waals surface area contributed by atoms with Crippen molar-refractivity contribution in [2.75, 3.05) is 5.32 Å². The summed E-state index contributed by atoms with van der Waals surface area (Å²) in [4.78, 5) is 16.8. The lowest BCUT2D eigenvalue weighted by Crippen LogP contribution is -2.16. The van der Waals surface area contributed by atoms with E-state index in [1.807, 2.05) is 0 Å². The van der Waals surface area contributed by atoms with Crippen LogP contribution in [0, 0.1) is 6.92 Å². The third kappa shape index (κ3) is 3.49. The Morgan fingerprint density at radius 1 is 1.26 bits per heavy atom. The van der Waals surface area contributed by atoms with Crippen molar-refractivity contribution in [2.45, 2.75) is 31.9 Å². The van der Waals surface area contributed by atoms with Gasteiger partial charge in [0.15, 0.2) is 11.3 Å². The van der Waals surface area contributed by atoms with Gasteiger partial charge in [-0.05, 0) is 43.5 Å². The quantitative estimate of drug-likeness (QED) is 0.691. The Kier molecular flexibility index (Phi) is 4.10. The lowest BCUT2D eigenvalue weighted by Gasteiger charge is -2.10. The Labute approximate surface area is 157 Å². The molecule has 4 rings (SSSR count). The molecule has 0 unspecified atom stereocenters. The molecule has 2 heterocycles. The Morgan fingerprint density at radius 3 is 2.67 bits per heavy atom. The highest BCUT2D eigenvalue weighted by molar-refractivity contribution is 6.31. The van der Waals surface area contributed by atoms with Crippen molar-refractivity contribution in [3.05, 3.63) is 58.0 Å². The molecule has 9 heteroatoms. The molecule has 1 aromatic carbocycles. The largest absolute Gasteiger partial charge is 0.433 e. The van der Waals surface area contributed by atoms with Crippen LogP contribution < -0.4 is 5.32 Å². The van der Waals surface area contributed by atoms with Gasteiger partial charge in [0.1, 0.15) is 5.69 Å². The maximum Gasteiger partial charge on any atom is 0.433 e. The number of hydrogen-bond donors (Lipinski definition) is 1. The maximum atomic E-state index is 13.4. The number of fused-ring (bicyclic) bond motifs is 1. The zero-order chi connectivity index (χ0) is 19.3. The van der Waals surface area contributed by atoms with Crippen molar-refractivity contribution in [3.63, 3.8) is 0 Å². The van der Waals surface area contributed by atoms with Crippen LogP contribution in [-0.2, 0) is 6.18 Å². The number of benzene rings is 1. The van der Waals surface area contributed by atoms with Crippen LogP contribution in [0.5, 0.6) is 0 Å². The highest BCUT2D eigenvalue weighted by Gasteiger charge is 2.37. The molecule has 1 fully saturated rings. The van der Waals surface area contributed by atoms with Crippen LogP contribution in [0.1, 0.15) is 46.2 Å². The predicted octanol–water partition coefficient (Wildman–Crippen LogP) is 4.84. The summed E-state index contributed by atoms with van der Waals surface area (Å²) < 4.78 is 41.0. The molecule has 1 amide bonds. The van der Waals surface area contributed by atoms with Gasteiger partial charge in [-0.2, -0.15) is 18.3 Å². The van der Waals surface area contributed by atoms with E-state index in [2.05, 4.69) is 15.4 Å². The van der Waals surface area contributed by atoms with Crippen molar-refractivity contribution in [3.8, 4) is 0 Å². The SMILES string of the molecule is Cc1ccc(Cl)cc1NC(=O)c1cc2nc(C3CC3)cc(C(F)(F)F)n2n1. The average molecular weight is 395 g/mol. The van der Waals surface area contributed by atoms with Gasteiger partial charge in [-0.15, -0.1) is 0 Å².